The van der Waals surface area contributed by atoms with Gasteiger partial charge in [-0.2, -0.15) is 5.26 Å². The molecule has 3 nitrogen and oxygen atoms in total. The number of hydrogen-bond acceptors (Lipinski definition) is 3. The molecule has 0 bridgehead atoms. The second kappa shape index (κ2) is 4.38. The lowest BCUT2D eigenvalue weighted by Gasteiger charge is -2.06. The van der Waals surface area contributed by atoms with Crippen LogP contribution in [-0.4, -0.2) is 12.1 Å². The van der Waals surface area contributed by atoms with Gasteiger partial charge in [-0.3, -0.25) is 0 Å². The molecule has 0 spiro atoms. The Morgan fingerprint density at radius 1 is 1.44 bits per heavy atom. The van der Waals surface area contributed by atoms with E-state index in [-0.39, 0.29) is 6.42 Å². The Morgan fingerprint density at radius 3 is 2.94 bits per heavy atom. The van der Waals surface area contributed by atoms with Crippen molar-refractivity contribution < 1.29 is 4.74 Å². The molecule has 2 aromatic rings. The smallest absolute Gasteiger partial charge is 0.217 e. The van der Waals surface area contributed by atoms with Crippen LogP contribution in [0.3, 0.4) is 0 Å². The summed E-state index contributed by atoms with van der Waals surface area (Å²) in [5, 5.41) is 10.3. The van der Waals surface area contributed by atoms with Crippen LogP contribution < -0.4 is 4.74 Å². The normalized spacial score (nSPS) is 10.1. The number of methoxy groups -OCH3 is 1. The van der Waals surface area contributed by atoms with E-state index in [1.807, 2.05) is 18.2 Å². The first kappa shape index (κ1) is 10.7. The Balaban J connectivity index is 2.66. The van der Waals surface area contributed by atoms with Gasteiger partial charge in [0.1, 0.15) is 0 Å². The number of pyridine rings is 1. The lowest BCUT2D eigenvalue weighted by atomic mass is 10.1. The Bertz CT molecular complexity index is 575. The van der Waals surface area contributed by atoms with E-state index in [1.54, 1.807) is 13.2 Å². The second-order valence-electron chi connectivity index (χ2n) is 3.33. The van der Waals surface area contributed by atoms with Crippen molar-refractivity contribution in [3.63, 3.8) is 0 Å². The number of rotatable bonds is 2. The van der Waals surface area contributed by atoms with Crippen molar-refractivity contribution in [1.29, 1.82) is 5.26 Å². The van der Waals surface area contributed by atoms with Crippen molar-refractivity contribution in [3.05, 3.63) is 34.9 Å². The summed E-state index contributed by atoms with van der Waals surface area (Å²) < 4.78 is 5.14. The van der Waals surface area contributed by atoms with Gasteiger partial charge in [0.15, 0.2) is 0 Å². The van der Waals surface area contributed by atoms with Gasteiger partial charge in [-0.1, -0.05) is 11.6 Å². The number of aromatic nitrogens is 1. The zero-order chi connectivity index (χ0) is 11.5. The largest absolute Gasteiger partial charge is 0.481 e. The molecule has 2 rings (SSSR count). The molecule has 80 valence electrons. The fourth-order valence-electron chi connectivity index (χ4n) is 1.56. The molecule has 4 heteroatoms. The quantitative estimate of drug-likeness (QED) is 0.800. The molecule has 0 aliphatic rings. The first-order valence-electron chi connectivity index (χ1n) is 4.74. The predicted octanol–water partition coefficient (Wildman–Crippen LogP) is 2.96. The van der Waals surface area contributed by atoms with Crippen LogP contribution in [0.15, 0.2) is 24.3 Å². The lowest BCUT2D eigenvalue weighted by molar-refractivity contribution is 0.395. The van der Waals surface area contributed by atoms with E-state index in [9.17, 15) is 0 Å². The lowest BCUT2D eigenvalue weighted by Crippen LogP contribution is -1.95. The van der Waals surface area contributed by atoms with Gasteiger partial charge < -0.3 is 4.74 Å². The number of hydrogen-bond donors (Lipinski definition) is 0. The molecule has 0 saturated carbocycles. The molecule has 0 aliphatic heterocycles. The van der Waals surface area contributed by atoms with Gasteiger partial charge in [-0.15, -0.1) is 0 Å². The van der Waals surface area contributed by atoms with Gasteiger partial charge >= 0.3 is 0 Å². The molecule has 0 amide bonds. The Labute approximate surface area is 98.2 Å². The molecular weight excluding hydrogens is 224 g/mol. The average molecular weight is 233 g/mol. The maximum atomic E-state index is 8.71. The minimum absolute atomic E-state index is 0.276. The van der Waals surface area contributed by atoms with Crippen molar-refractivity contribution in [1.82, 2.24) is 4.98 Å². The molecule has 0 atom stereocenters. The van der Waals surface area contributed by atoms with E-state index >= 15 is 0 Å². The molecule has 0 saturated heterocycles. The van der Waals surface area contributed by atoms with Crippen LogP contribution in [0.2, 0.25) is 5.02 Å². The number of halogens is 1. The number of benzene rings is 1. The summed E-state index contributed by atoms with van der Waals surface area (Å²) >= 11 is 5.90. The number of nitrogens with zero attached hydrogens (tertiary/aromatic N) is 2. The van der Waals surface area contributed by atoms with Crippen molar-refractivity contribution in [2.75, 3.05) is 7.11 Å². The molecular formula is C12H9ClN2O. The molecule has 0 aliphatic carbocycles. The molecule has 0 fully saturated rings. The monoisotopic (exact) mass is 232 g/mol. The average Bonchev–Trinajstić information content (AvgIpc) is 2.28. The number of ether oxygens (including phenoxy) is 1. The molecule has 0 N–H and O–H groups in total. The third-order valence-electron chi connectivity index (χ3n) is 2.28. The Hall–Kier alpha value is -1.79. The van der Waals surface area contributed by atoms with Gasteiger partial charge in [-0.05, 0) is 24.3 Å². The molecule has 0 radical (unpaired) electrons. The van der Waals surface area contributed by atoms with Crippen LogP contribution >= 0.6 is 11.6 Å². The van der Waals surface area contributed by atoms with Crippen molar-refractivity contribution in [2.24, 2.45) is 0 Å². The second-order valence-corrected chi connectivity index (χ2v) is 3.77. The van der Waals surface area contributed by atoms with Crippen LogP contribution in [0.1, 0.15) is 5.56 Å². The maximum absolute atomic E-state index is 8.71. The van der Waals surface area contributed by atoms with Crippen LogP contribution in [0.4, 0.5) is 0 Å². The van der Waals surface area contributed by atoms with Gasteiger partial charge in [0, 0.05) is 16.0 Å². The number of fused-ring (bicyclic) bond motifs is 1. The number of nitriles is 1. The molecule has 16 heavy (non-hydrogen) atoms. The van der Waals surface area contributed by atoms with Crippen LogP contribution in [0, 0.1) is 11.3 Å². The van der Waals surface area contributed by atoms with E-state index in [0.29, 0.717) is 10.9 Å². The van der Waals surface area contributed by atoms with Crippen LogP contribution in [0.25, 0.3) is 10.9 Å². The van der Waals surface area contributed by atoms with E-state index in [2.05, 4.69) is 11.1 Å². The summed E-state index contributed by atoms with van der Waals surface area (Å²) in [6.45, 7) is 0. The Morgan fingerprint density at radius 2 is 2.25 bits per heavy atom. The summed E-state index contributed by atoms with van der Waals surface area (Å²) in [6.07, 6.45) is 0.276. The fraction of sp³-hybridized carbons (Fsp3) is 0.167. The summed E-state index contributed by atoms with van der Waals surface area (Å²) in [4.78, 5) is 4.32. The molecule has 1 aromatic heterocycles. The highest BCUT2D eigenvalue weighted by Crippen LogP contribution is 2.24. The van der Waals surface area contributed by atoms with E-state index < -0.39 is 0 Å². The van der Waals surface area contributed by atoms with Crippen molar-refractivity contribution >= 4 is 22.5 Å². The molecule has 0 unspecified atom stereocenters. The molecule has 1 aromatic carbocycles. The van der Waals surface area contributed by atoms with E-state index in [0.717, 1.165) is 16.5 Å². The highest BCUT2D eigenvalue weighted by Gasteiger charge is 2.07. The fourth-order valence-corrected chi connectivity index (χ4v) is 1.74. The van der Waals surface area contributed by atoms with Crippen LogP contribution in [0.5, 0.6) is 5.88 Å². The first-order chi connectivity index (χ1) is 7.74. The molecule has 1 heterocycles. The summed E-state index contributed by atoms with van der Waals surface area (Å²) in [6, 6.07) is 9.40. The van der Waals surface area contributed by atoms with Crippen LogP contribution in [-0.2, 0) is 6.42 Å². The summed E-state index contributed by atoms with van der Waals surface area (Å²) in [5.41, 5.74) is 1.59. The summed E-state index contributed by atoms with van der Waals surface area (Å²) in [7, 11) is 1.55. The van der Waals surface area contributed by atoms with Gasteiger partial charge in [0.05, 0.1) is 25.1 Å². The minimum atomic E-state index is 0.276. The zero-order valence-electron chi connectivity index (χ0n) is 8.70. The van der Waals surface area contributed by atoms with Crippen molar-refractivity contribution in [3.8, 4) is 11.9 Å². The highest BCUT2D eigenvalue weighted by atomic mass is 35.5. The standard InChI is InChI=1S/C12H9ClN2O/c1-16-12-8(4-5-14)6-9-7-10(13)2-3-11(9)15-12/h2-3,6-7H,4H2,1H3. The van der Waals surface area contributed by atoms with E-state index in [1.165, 1.54) is 0 Å². The topological polar surface area (TPSA) is 45.9 Å². The van der Waals surface area contributed by atoms with Crippen molar-refractivity contribution in [2.45, 2.75) is 6.42 Å². The minimum Gasteiger partial charge on any atom is -0.481 e. The summed E-state index contributed by atoms with van der Waals surface area (Å²) in [5.74, 6) is 0.497. The third kappa shape index (κ3) is 1.93. The zero-order valence-corrected chi connectivity index (χ0v) is 9.45. The SMILES string of the molecule is COc1nc2ccc(Cl)cc2cc1CC#N. The van der Waals surface area contributed by atoms with Gasteiger partial charge in [0.2, 0.25) is 5.88 Å². The third-order valence-corrected chi connectivity index (χ3v) is 2.51. The van der Waals surface area contributed by atoms with E-state index in [4.69, 9.17) is 21.6 Å². The first-order valence-corrected chi connectivity index (χ1v) is 5.12. The maximum Gasteiger partial charge on any atom is 0.217 e. The van der Waals surface area contributed by atoms with Gasteiger partial charge in [-0.25, -0.2) is 4.98 Å². The highest BCUT2D eigenvalue weighted by molar-refractivity contribution is 6.31. The Kier molecular flexibility index (Phi) is 2.93. The van der Waals surface area contributed by atoms with Gasteiger partial charge in [0.25, 0.3) is 0 Å². The predicted molar refractivity (Wildman–Crippen MR) is 62.6 cm³/mol.